The van der Waals surface area contributed by atoms with Crippen molar-refractivity contribution in [2.75, 3.05) is 6.61 Å². The molecular weight excluding hydrogens is 239 g/mol. The molecule has 0 N–H and O–H groups in total. The second-order valence-corrected chi connectivity index (χ2v) is 3.51. The molecule has 2 aromatic rings. The highest BCUT2D eigenvalue weighted by molar-refractivity contribution is 5.71. The number of aromatic nitrogens is 2. The lowest BCUT2D eigenvalue weighted by Crippen LogP contribution is -2.08. The maximum Gasteiger partial charge on any atom is 0.313 e. The van der Waals surface area contributed by atoms with Gasteiger partial charge < -0.3 is 9.26 Å². The van der Waals surface area contributed by atoms with Crippen LogP contribution in [0.25, 0.3) is 11.5 Å². The van der Waals surface area contributed by atoms with E-state index in [9.17, 15) is 9.18 Å². The third kappa shape index (κ3) is 2.91. The Hall–Kier alpha value is -2.24. The molecule has 0 amide bonds. The van der Waals surface area contributed by atoms with Gasteiger partial charge in [-0.15, -0.1) is 0 Å². The van der Waals surface area contributed by atoms with Gasteiger partial charge in [0.25, 0.3) is 5.89 Å². The predicted molar refractivity (Wildman–Crippen MR) is 60.0 cm³/mol. The lowest BCUT2D eigenvalue weighted by Gasteiger charge is -1.96. The third-order valence-electron chi connectivity index (χ3n) is 2.15. The highest BCUT2D eigenvalue weighted by atomic mass is 19.1. The molecule has 0 aliphatic heterocycles. The average Bonchev–Trinajstić information content (AvgIpc) is 2.78. The number of benzene rings is 1. The second kappa shape index (κ2) is 5.39. The topological polar surface area (TPSA) is 65.2 Å². The van der Waals surface area contributed by atoms with Crippen LogP contribution in [0.2, 0.25) is 0 Å². The Morgan fingerprint density at radius 1 is 1.50 bits per heavy atom. The summed E-state index contributed by atoms with van der Waals surface area (Å²) in [7, 11) is 0. The van der Waals surface area contributed by atoms with Crippen molar-refractivity contribution in [1.82, 2.24) is 10.1 Å². The Labute approximate surface area is 103 Å². The number of rotatable bonds is 4. The van der Waals surface area contributed by atoms with E-state index in [1.807, 2.05) is 0 Å². The Morgan fingerprint density at radius 3 is 3.06 bits per heavy atom. The van der Waals surface area contributed by atoms with Crippen molar-refractivity contribution >= 4 is 5.97 Å². The number of nitrogens with zero attached hydrogens (tertiary/aromatic N) is 2. The standard InChI is InChI=1S/C12H11FN2O3/c1-2-17-11(16)7-10-14-12(18-15-10)8-4-3-5-9(13)6-8/h3-6H,2,7H2,1H3. The van der Waals surface area contributed by atoms with E-state index in [1.54, 1.807) is 19.1 Å². The zero-order valence-corrected chi connectivity index (χ0v) is 9.72. The van der Waals surface area contributed by atoms with Crippen LogP contribution in [0.5, 0.6) is 0 Å². The first-order valence-corrected chi connectivity index (χ1v) is 5.43. The normalized spacial score (nSPS) is 10.3. The first-order valence-electron chi connectivity index (χ1n) is 5.43. The summed E-state index contributed by atoms with van der Waals surface area (Å²) < 4.78 is 22.7. The molecule has 0 saturated carbocycles. The van der Waals surface area contributed by atoms with Crippen LogP contribution in [-0.4, -0.2) is 22.7 Å². The van der Waals surface area contributed by atoms with E-state index in [0.29, 0.717) is 12.2 Å². The molecule has 0 unspecified atom stereocenters. The van der Waals surface area contributed by atoms with Crippen molar-refractivity contribution in [3.8, 4) is 11.5 Å². The quantitative estimate of drug-likeness (QED) is 0.776. The highest BCUT2D eigenvalue weighted by Gasteiger charge is 2.13. The van der Waals surface area contributed by atoms with Crippen molar-refractivity contribution in [2.45, 2.75) is 13.3 Å². The van der Waals surface area contributed by atoms with Crippen molar-refractivity contribution in [1.29, 1.82) is 0 Å². The van der Waals surface area contributed by atoms with Gasteiger partial charge in [-0.25, -0.2) is 4.39 Å². The van der Waals surface area contributed by atoms with Crippen LogP contribution in [0, 0.1) is 5.82 Å². The number of esters is 1. The fraction of sp³-hybridized carbons (Fsp3) is 0.250. The highest BCUT2D eigenvalue weighted by Crippen LogP contribution is 2.17. The van der Waals surface area contributed by atoms with E-state index in [4.69, 9.17) is 9.26 Å². The number of hydrogen-bond donors (Lipinski definition) is 0. The molecule has 6 heteroatoms. The minimum Gasteiger partial charge on any atom is -0.466 e. The molecule has 0 fully saturated rings. The van der Waals surface area contributed by atoms with Crippen molar-refractivity contribution in [2.24, 2.45) is 0 Å². The second-order valence-electron chi connectivity index (χ2n) is 3.51. The largest absolute Gasteiger partial charge is 0.466 e. The van der Waals surface area contributed by atoms with Gasteiger partial charge in [-0.2, -0.15) is 4.98 Å². The lowest BCUT2D eigenvalue weighted by molar-refractivity contribution is -0.142. The molecule has 0 saturated heterocycles. The summed E-state index contributed by atoms with van der Waals surface area (Å²) in [5.74, 6) is -0.428. The van der Waals surface area contributed by atoms with Crippen LogP contribution in [0.3, 0.4) is 0 Å². The molecule has 1 heterocycles. The van der Waals surface area contributed by atoms with Gasteiger partial charge in [-0.1, -0.05) is 11.2 Å². The van der Waals surface area contributed by atoms with Gasteiger partial charge in [-0.05, 0) is 25.1 Å². The molecule has 5 nitrogen and oxygen atoms in total. The van der Waals surface area contributed by atoms with Gasteiger partial charge in [-0.3, -0.25) is 4.79 Å². The monoisotopic (exact) mass is 250 g/mol. The summed E-state index contributed by atoms with van der Waals surface area (Å²) >= 11 is 0. The summed E-state index contributed by atoms with van der Waals surface area (Å²) in [6.07, 6.45) is -0.0628. The number of ether oxygens (including phenoxy) is 1. The molecule has 0 radical (unpaired) electrons. The molecule has 94 valence electrons. The minimum absolute atomic E-state index is 0.0628. The lowest BCUT2D eigenvalue weighted by atomic mass is 10.2. The Bertz CT molecular complexity index is 554. The molecule has 1 aromatic carbocycles. The van der Waals surface area contributed by atoms with Crippen LogP contribution in [0.4, 0.5) is 4.39 Å². The molecule has 0 spiro atoms. The molecule has 1 aromatic heterocycles. The van der Waals surface area contributed by atoms with Crippen LogP contribution in [-0.2, 0) is 16.0 Å². The molecule has 18 heavy (non-hydrogen) atoms. The van der Waals surface area contributed by atoms with E-state index in [0.717, 1.165) is 0 Å². The first kappa shape index (κ1) is 12.2. The van der Waals surface area contributed by atoms with Crippen LogP contribution < -0.4 is 0 Å². The van der Waals surface area contributed by atoms with E-state index >= 15 is 0 Å². The van der Waals surface area contributed by atoms with Crippen molar-refractivity contribution < 1.29 is 18.4 Å². The average molecular weight is 250 g/mol. The summed E-state index contributed by atoms with van der Waals surface area (Å²) in [6, 6.07) is 5.78. The zero-order valence-electron chi connectivity index (χ0n) is 9.72. The maximum atomic E-state index is 13.0. The SMILES string of the molecule is CCOC(=O)Cc1noc(-c2cccc(F)c2)n1. The predicted octanol–water partition coefficient (Wildman–Crippen LogP) is 1.98. The molecular formula is C12H11FN2O3. The number of hydrogen-bond acceptors (Lipinski definition) is 5. The maximum absolute atomic E-state index is 13.0. The van der Waals surface area contributed by atoms with E-state index in [2.05, 4.69) is 10.1 Å². The molecule has 2 rings (SSSR count). The van der Waals surface area contributed by atoms with E-state index in [-0.39, 0.29) is 18.1 Å². The molecule has 0 bridgehead atoms. The fourth-order valence-corrected chi connectivity index (χ4v) is 1.41. The van der Waals surface area contributed by atoms with Gasteiger partial charge in [0.15, 0.2) is 5.82 Å². The van der Waals surface area contributed by atoms with Crippen molar-refractivity contribution in [3.05, 3.63) is 35.9 Å². The number of carbonyl (C=O) groups excluding carboxylic acids is 1. The van der Waals surface area contributed by atoms with E-state index < -0.39 is 11.8 Å². The number of carbonyl (C=O) groups is 1. The van der Waals surface area contributed by atoms with Crippen LogP contribution in [0.15, 0.2) is 28.8 Å². The minimum atomic E-state index is -0.427. The fourth-order valence-electron chi connectivity index (χ4n) is 1.41. The summed E-state index contributed by atoms with van der Waals surface area (Å²) in [6.45, 7) is 2.01. The number of halogens is 1. The van der Waals surface area contributed by atoms with Gasteiger partial charge in [0.2, 0.25) is 0 Å². The Balaban J connectivity index is 2.13. The summed E-state index contributed by atoms with van der Waals surface area (Å²) in [5.41, 5.74) is 0.470. The Morgan fingerprint density at radius 2 is 2.33 bits per heavy atom. The van der Waals surface area contributed by atoms with Gasteiger partial charge in [0.05, 0.1) is 6.61 Å². The van der Waals surface area contributed by atoms with Gasteiger partial charge in [0.1, 0.15) is 12.2 Å². The van der Waals surface area contributed by atoms with Crippen LogP contribution in [0.1, 0.15) is 12.7 Å². The van der Waals surface area contributed by atoms with E-state index in [1.165, 1.54) is 12.1 Å². The Kier molecular flexibility index (Phi) is 3.66. The van der Waals surface area contributed by atoms with Crippen molar-refractivity contribution in [3.63, 3.8) is 0 Å². The smallest absolute Gasteiger partial charge is 0.313 e. The van der Waals surface area contributed by atoms with Gasteiger partial charge in [0, 0.05) is 5.56 Å². The van der Waals surface area contributed by atoms with Crippen LogP contribution >= 0.6 is 0 Å². The molecule has 0 atom stereocenters. The zero-order chi connectivity index (χ0) is 13.0. The summed E-state index contributed by atoms with van der Waals surface area (Å²) in [4.78, 5) is 15.2. The third-order valence-corrected chi connectivity index (χ3v) is 2.15. The first-order chi connectivity index (χ1) is 8.69. The molecule has 0 aliphatic carbocycles. The summed E-state index contributed by atoms with van der Waals surface area (Å²) in [5, 5.41) is 3.64. The van der Waals surface area contributed by atoms with Gasteiger partial charge >= 0.3 is 5.97 Å². The molecule has 0 aliphatic rings.